The molecule has 1 aliphatic rings. The number of hydrogen-bond donors (Lipinski definition) is 0. The van der Waals surface area contributed by atoms with E-state index in [1.165, 1.54) is 11.1 Å². The molecule has 5 rings (SSSR count). The number of methoxy groups -OCH3 is 2. The zero-order chi connectivity index (χ0) is 24.7. The molecular weight excluding hydrogens is 446 g/mol. The lowest BCUT2D eigenvalue weighted by atomic mass is 9.96. The number of benzene rings is 3. The van der Waals surface area contributed by atoms with Gasteiger partial charge in [-0.05, 0) is 47.5 Å². The van der Waals surface area contributed by atoms with Gasteiger partial charge in [-0.1, -0.05) is 60.7 Å². The van der Waals surface area contributed by atoms with Crippen molar-refractivity contribution in [1.29, 1.82) is 0 Å². The molecule has 1 fully saturated rings. The van der Waals surface area contributed by atoms with E-state index >= 15 is 0 Å². The molecule has 0 saturated carbocycles. The van der Waals surface area contributed by atoms with Crippen LogP contribution in [0.25, 0.3) is 11.3 Å². The largest absolute Gasteiger partial charge is 0.497 e. The van der Waals surface area contributed by atoms with Crippen molar-refractivity contribution in [2.75, 3.05) is 40.4 Å². The molecule has 0 atom stereocenters. The third kappa shape index (κ3) is 5.43. The zero-order valence-corrected chi connectivity index (χ0v) is 21.0. The van der Waals surface area contributed by atoms with Gasteiger partial charge in [0.05, 0.1) is 31.6 Å². The molecule has 5 heteroatoms. The summed E-state index contributed by atoms with van der Waals surface area (Å²) in [7, 11) is 3.40. The van der Waals surface area contributed by atoms with Crippen molar-refractivity contribution < 1.29 is 9.47 Å². The molecule has 36 heavy (non-hydrogen) atoms. The summed E-state index contributed by atoms with van der Waals surface area (Å²) in [6.45, 7) is 4.72. The summed E-state index contributed by atoms with van der Waals surface area (Å²) in [5.74, 6) is 1.68. The van der Waals surface area contributed by atoms with E-state index in [0.717, 1.165) is 61.2 Å². The molecular formula is C31H33N3O2. The van der Waals surface area contributed by atoms with E-state index in [1.807, 2.05) is 36.4 Å². The first-order chi connectivity index (χ1) is 17.7. The summed E-state index contributed by atoms with van der Waals surface area (Å²) in [6, 6.07) is 34.0. The second kappa shape index (κ2) is 11.4. The van der Waals surface area contributed by atoms with E-state index in [-0.39, 0.29) is 6.04 Å². The van der Waals surface area contributed by atoms with E-state index in [9.17, 15) is 0 Å². The van der Waals surface area contributed by atoms with Crippen LogP contribution in [-0.2, 0) is 6.54 Å². The Kier molecular flexibility index (Phi) is 7.60. The molecule has 4 aromatic rings. The lowest BCUT2D eigenvalue weighted by molar-refractivity contribution is 0.103. The normalized spacial score (nSPS) is 14.6. The molecule has 3 aromatic carbocycles. The molecule has 0 spiro atoms. The van der Waals surface area contributed by atoms with Crippen LogP contribution in [0.2, 0.25) is 0 Å². The van der Waals surface area contributed by atoms with E-state index in [2.05, 4.69) is 70.5 Å². The van der Waals surface area contributed by atoms with Crippen LogP contribution in [-0.4, -0.2) is 55.2 Å². The summed E-state index contributed by atoms with van der Waals surface area (Å²) in [5.41, 5.74) is 5.67. The van der Waals surface area contributed by atoms with Crippen LogP contribution in [0.5, 0.6) is 11.5 Å². The van der Waals surface area contributed by atoms with Gasteiger partial charge in [-0.2, -0.15) is 0 Å². The Balaban J connectivity index is 1.31. The second-order valence-corrected chi connectivity index (χ2v) is 9.11. The molecule has 1 aliphatic heterocycles. The maximum atomic E-state index is 5.67. The van der Waals surface area contributed by atoms with Gasteiger partial charge in [0.15, 0.2) is 0 Å². The lowest BCUT2D eigenvalue weighted by Gasteiger charge is -2.39. The van der Waals surface area contributed by atoms with Crippen molar-refractivity contribution >= 4 is 0 Å². The summed E-state index contributed by atoms with van der Waals surface area (Å²) in [5, 5.41) is 0. The van der Waals surface area contributed by atoms with E-state index in [0.29, 0.717) is 0 Å². The maximum absolute atomic E-state index is 5.67. The molecule has 0 radical (unpaired) electrons. The number of nitrogens with zero attached hydrogens (tertiary/aromatic N) is 3. The highest BCUT2D eigenvalue weighted by molar-refractivity contribution is 5.61. The minimum absolute atomic E-state index is 0.264. The number of aromatic nitrogens is 1. The topological polar surface area (TPSA) is 37.8 Å². The second-order valence-electron chi connectivity index (χ2n) is 9.11. The molecule has 0 unspecified atom stereocenters. The fourth-order valence-corrected chi connectivity index (χ4v) is 4.99. The number of rotatable bonds is 8. The smallest absolute Gasteiger partial charge is 0.141 e. The quantitative estimate of drug-likeness (QED) is 0.325. The van der Waals surface area contributed by atoms with Crippen molar-refractivity contribution in [3.63, 3.8) is 0 Å². The van der Waals surface area contributed by atoms with E-state index in [4.69, 9.17) is 14.5 Å². The van der Waals surface area contributed by atoms with Crippen molar-refractivity contribution in [1.82, 2.24) is 14.8 Å². The van der Waals surface area contributed by atoms with Gasteiger partial charge in [-0.25, -0.2) is 4.98 Å². The summed E-state index contributed by atoms with van der Waals surface area (Å²) in [6.07, 6.45) is 0. The van der Waals surface area contributed by atoms with Gasteiger partial charge in [-0.3, -0.25) is 9.80 Å². The molecule has 1 aromatic heterocycles. The number of piperazine rings is 1. The first kappa shape index (κ1) is 24.0. The van der Waals surface area contributed by atoms with Gasteiger partial charge in [0.1, 0.15) is 11.5 Å². The Morgan fingerprint density at radius 1 is 0.694 bits per heavy atom. The minimum atomic E-state index is 0.264. The standard InChI is InChI=1S/C31H33N3O2/c1-35-27-15-13-24(14-16-27)28-17-18-30(36-2)29(32-28)23-33-19-21-34(22-20-33)31(25-9-5-3-6-10-25)26-11-7-4-8-12-26/h3-18,31H,19-23H2,1-2H3. The Morgan fingerprint density at radius 3 is 1.86 bits per heavy atom. The van der Waals surface area contributed by atoms with Crippen LogP contribution in [0.15, 0.2) is 97.1 Å². The van der Waals surface area contributed by atoms with Crippen LogP contribution in [0, 0.1) is 0 Å². The van der Waals surface area contributed by atoms with Crippen molar-refractivity contribution in [2.45, 2.75) is 12.6 Å². The van der Waals surface area contributed by atoms with Gasteiger partial charge >= 0.3 is 0 Å². The van der Waals surface area contributed by atoms with Gasteiger partial charge in [0, 0.05) is 38.3 Å². The van der Waals surface area contributed by atoms with Crippen LogP contribution < -0.4 is 9.47 Å². The van der Waals surface area contributed by atoms with E-state index in [1.54, 1.807) is 14.2 Å². The number of pyridine rings is 1. The Labute approximate surface area is 213 Å². The average Bonchev–Trinajstić information content (AvgIpc) is 2.95. The van der Waals surface area contributed by atoms with Gasteiger partial charge in [0.25, 0.3) is 0 Å². The molecule has 5 nitrogen and oxygen atoms in total. The fraction of sp³-hybridized carbons (Fsp3) is 0.258. The van der Waals surface area contributed by atoms with Crippen molar-refractivity contribution in [3.05, 3.63) is 114 Å². The Hall–Kier alpha value is -3.67. The summed E-state index contributed by atoms with van der Waals surface area (Å²) >= 11 is 0. The SMILES string of the molecule is COc1ccc(-c2ccc(OC)c(CN3CCN(C(c4ccccc4)c4ccccc4)CC3)n2)cc1. The Morgan fingerprint density at radius 2 is 1.31 bits per heavy atom. The molecule has 184 valence electrons. The molecule has 0 aliphatic carbocycles. The van der Waals surface area contributed by atoms with Crippen LogP contribution >= 0.6 is 0 Å². The van der Waals surface area contributed by atoms with Crippen molar-refractivity contribution in [2.24, 2.45) is 0 Å². The van der Waals surface area contributed by atoms with Gasteiger partial charge in [-0.15, -0.1) is 0 Å². The third-order valence-electron chi connectivity index (χ3n) is 6.91. The Bertz CT molecular complexity index is 1200. The molecule has 0 amide bonds. The van der Waals surface area contributed by atoms with Crippen LogP contribution in [0.3, 0.4) is 0 Å². The number of ether oxygens (including phenoxy) is 2. The maximum Gasteiger partial charge on any atom is 0.141 e. The van der Waals surface area contributed by atoms with E-state index < -0.39 is 0 Å². The summed E-state index contributed by atoms with van der Waals surface area (Å²) in [4.78, 5) is 10.1. The summed E-state index contributed by atoms with van der Waals surface area (Å²) < 4.78 is 11.0. The highest BCUT2D eigenvalue weighted by atomic mass is 16.5. The lowest BCUT2D eigenvalue weighted by Crippen LogP contribution is -2.47. The molecule has 0 bridgehead atoms. The minimum Gasteiger partial charge on any atom is -0.497 e. The first-order valence-corrected chi connectivity index (χ1v) is 12.5. The number of hydrogen-bond acceptors (Lipinski definition) is 5. The molecule has 2 heterocycles. The van der Waals surface area contributed by atoms with Crippen LogP contribution in [0.4, 0.5) is 0 Å². The highest BCUT2D eigenvalue weighted by Gasteiger charge is 2.27. The monoisotopic (exact) mass is 479 g/mol. The first-order valence-electron chi connectivity index (χ1n) is 12.5. The van der Waals surface area contributed by atoms with Gasteiger partial charge in [0.2, 0.25) is 0 Å². The third-order valence-corrected chi connectivity index (χ3v) is 6.91. The average molecular weight is 480 g/mol. The highest BCUT2D eigenvalue weighted by Crippen LogP contribution is 2.30. The van der Waals surface area contributed by atoms with Crippen molar-refractivity contribution in [3.8, 4) is 22.8 Å². The fourth-order valence-electron chi connectivity index (χ4n) is 4.99. The predicted octanol–water partition coefficient (Wildman–Crippen LogP) is 5.67. The molecule has 1 saturated heterocycles. The predicted molar refractivity (Wildman–Crippen MR) is 144 cm³/mol. The zero-order valence-electron chi connectivity index (χ0n) is 21.0. The van der Waals surface area contributed by atoms with Crippen LogP contribution in [0.1, 0.15) is 22.9 Å². The molecule has 0 N–H and O–H groups in total. The van der Waals surface area contributed by atoms with Gasteiger partial charge < -0.3 is 9.47 Å².